The lowest BCUT2D eigenvalue weighted by atomic mass is 10.1. The summed E-state index contributed by atoms with van der Waals surface area (Å²) in [5.41, 5.74) is 4.23. The van der Waals surface area contributed by atoms with E-state index in [4.69, 9.17) is 17.2 Å². The molecule has 0 saturated carbocycles. The van der Waals surface area contributed by atoms with Gasteiger partial charge in [0.2, 0.25) is 5.91 Å². The highest BCUT2D eigenvalue weighted by Gasteiger charge is 2.17. The van der Waals surface area contributed by atoms with Crippen molar-refractivity contribution in [1.29, 1.82) is 0 Å². The topological polar surface area (TPSA) is 68.9 Å². The molecule has 9 heteroatoms. The van der Waals surface area contributed by atoms with Gasteiger partial charge in [0.25, 0.3) is 5.56 Å². The molecule has 0 atom stereocenters. The minimum absolute atomic E-state index is 0.134. The molecular formula is C22H20N4O2S3. The Kier molecular flexibility index (Phi) is 6.08. The maximum absolute atomic E-state index is 12.9. The Hall–Kier alpha value is -2.75. The van der Waals surface area contributed by atoms with Gasteiger partial charge in [-0.2, -0.15) is 0 Å². The van der Waals surface area contributed by atoms with Crippen LogP contribution in [0.5, 0.6) is 0 Å². The van der Waals surface area contributed by atoms with Crippen LogP contribution in [0.2, 0.25) is 0 Å². The van der Waals surface area contributed by atoms with Crippen LogP contribution in [0.3, 0.4) is 0 Å². The van der Waals surface area contributed by atoms with E-state index in [2.05, 4.69) is 5.32 Å². The van der Waals surface area contributed by atoms with Crippen molar-refractivity contribution in [2.24, 2.45) is 7.05 Å². The van der Waals surface area contributed by atoms with Crippen LogP contribution in [0.25, 0.3) is 16.0 Å². The lowest BCUT2D eigenvalue weighted by Crippen LogP contribution is -2.21. The van der Waals surface area contributed by atoms with Crippen LogP contribution < -0.4 is 10.9 Å². The first kappa shape index (κ1) is 21.5. The number of hydrogen-bond donors (Lipinski definition) is 1. The maximum atomic E-state index is 12.9. The van der Waals surface area contributed by atoms with E-state index < -0.39 is 0 Å². The molecule has 2 aromatic heterocycles. The number of benzene rings is 2. The summed E-state index contributed by atoms with van der Waals surface area (Å²) >= 11 is 7.97. The zero-order chi connectivity index (χ0) is 22.1. The molecule has 0 saturated heterocycles. The van der Waals surface area contributed by atoms with Gasteiger partial charge in [-0.05, 0) is 61.5 Å². The quantitative estimate of drug-likeness (QED) is 0.257. The molecule has 0 aliphatic rings. The zero-order valence-electron chi connectivity index (χ0n) is 17.2. The van der Waals surface area contributed by atoms with Crippen molar-refractivity contribution in [3.63, 3.8) is 0 Å². The van der Waals surface area contributed by atoms with Crippen LogP contribution in [-0.4, -0.2) is 25.8 Å². The average Bonchev–Trinajstić information content (AvgIpc) is 3.09. The molecule has 0 aliphatic heterocycles. The van der Waals surface area contributed by atoms with Crippen LogP contribution in [0.15, 0.2) is 58.5 Å². The van der Waals surface area contributed by atoms with Crippen molar-refractivity contribution in [3.8, 4) is 5.69 Å². The zero-order valence-corrected chi connectivity index (χ0v) is 19.7. The molecule has 1 amide bonds. The number of aryl methyl sites for hydroxylation is 2. The van der Waals surface area contributed by atoms with Crippen LogP contribution in [0, 0.1) is 17.8 Å². The Balaban J connectivity index is 1.62. The monoisotopic (exact) mass is 468 g/mol. The second-order valence-corrected chi connectivity index (χ2v) is 9.67. The summed E-state index contributed by atoms with van der Waals surface area (Å²) in [6.07, 6.45) is 0. The van der Waals surface area contributed by atoms with Gasteiger partial charge < -0.3 is 5.32 Å². The van der Waals surface area contributed by atoms with Gasteiger partial charge in [0.1, 0.15) is 4.70 Å². The van der Waals surface area contributed by atoms with Crippen molar-refractivity contribution in [2.45, 2.75) is 19.0 Å². The highest BCUT2D eigenvalue weighted by molar-refractivity contribution is 7.99. The van der Waals surface area contributed by atoms with Gasteiger partial charge in [0.15, 0.2) is 14.8 Å². The molecule has 0 aliphatic carbocycles. The number of carbonyl (C=O) groups excluding carboxylic acids is 1. The predicted molar refractivity (Wildman–Crippen MR) is 130 cm³/mol. The molecule has 2 heterocycles. The Morgan fingerprint density at radius 2 is 1.90 bits per heavy atom. The number of fused-ring (bicyclic) bond motifs is 1. The fourth-order valence-corrected chi connectivity index (χ4v) is 5.20. The number of aromatic nitrogens is 3. The number of para-hydroxylation sites is 1. The second-order valence-electron chi connectivity index (χ2n) is 7.09. The molecule has 0 bridgehead atoms. The fraction of sp³-hybridized carbons (Fsp3) is 0.182. The highest BCUT2D eigenvalue weighted by Crippen LogP contribution is 2.25. The Labute approximate surface area is 192 Å². The normalized spacial score (nSPS) is 11.1. The molecule has 4 rings (SSSR count). The van der Waals surface area contributed by atoms with Gasteiger partial charge in [-0.3, -0.25) is 18.7 Å². The van der Waals surface area contributed by atoms with Gasteiger partial charge in [-0.25, -0.2) is 4.98 Å². The van der Waals surface area contributed by atoms with Crippen LogP contribution >= 0.6 is 35.3 Å². The van der Waals surface area contributed by atoms with E-state index in [0.717, 1.165) is 16.9 Å². The van der Waals surface area contributed by atoms with E-state index in [9.17, 15) is 9.59 Å². The number of carbonyl (C=O) groups is 1. The van der Waals surface area contributed by atoms with Gasteiger partial charge in [0, 0.05) is 18.4 Å². The molecule has 31 heavy (non-hydrogen) atoms. The van der Waals surface area contributed by atoms with Crippen LogP contribution in [-0.2, 0) is 11.8 Å². The SMILES string of the molecule is Cc1ccc(NC(=O)CSc2nc3c(sc(=S)n3-c3ccccc3)c(=O)n2C)cc1C. The Morgan fingerprint density at radius 3 is 2.61 bits per heavy atom. The summed E-state index contributed by atoms with van der Waals surface area (Å²) in [6.45, 7) is 4.03. The molecule has 0 radical (unpaired) electrons. The summed E-state index contributed by atoms with van der Waals surface area (Å²) in [6, 6.07) is 15.4. The molecule has 4 aromatic rings. The van der Waals surface area contributed by atoms with Crippen LogP contribution in [0.1, 0.15) is 11.1 Å². The molecule has 2 aromatic carbocycles. The largest absolute Gasteiger partial charge is 0.325 e. The number of thioether (sulfide) groups is 1. The van der Waals surface area contributed by atoms with Gasteiger partial charge >= 0.3 is 0 Å². The smallest absolute Gasteiger partial charge is 0.273 e. The fourth-order valence-electron chi connectivity index (χ4n) is 3.09. The Morgan fingerprint density at radius 1 is 1.16 bits per heavy atom. The Bertz CT molecular complexity index is 1400. The third-order valence-corrected chi connectivity index (χ3v) is 7.29. The summed E-state index contributed by atoms with van der Waals surface area (Å²) in [5.74, 6) is -0.0256. The predicted octanol–water partition coefficient (Wildman–Crippen LogP) is 4.86. The molecule has 158 valence electrons. The third kappa shape index (κ3) is 4.34. The molecule has 6 nitrogen and oxygen atoms in total. The number of nitrogens with one attached hydrogen (secondary N) is 1. The number of thiazole rings is 1. The van der Waals surface area contributed by atoms with Crippen LogP contribution in [0.4, 0.5) is 5.69 Å². The average molecular weight is 469 g/mol. The first-order valence-corrected chi connectivity index (χ1v) is 11.7. The summed E-state index contributed by atoms with van der Waals surface area (Å²) < 4.78 is 4.33. The minimum atomic E-state index is -0.173. The van der Waals surface area contributed by atoms with Gasteiger partial charge in [0.05, 0.1) is 5.75 Å². The number of amides is 1. The molecule has 0 spiro atoms. The van der Waals surface area contributed by atoms with E-state index in [-0.39, 0.29) is 17.2 Å². The van der Waals surface area contributed by atoms with Gasteiger partial charge in [-0.1, -0.05) is 47.4 Å². The first-order valence-electron chi connectivity index (χ1n) is 9.53. The second kappa shape index (κ2) is 8.78. The van der Waals surface area contributed by atoms with Crippen molar-refractivity contribution < 1.29 is 4.79 Å². The summed E-state index contributed by atoms with van der Waals surface area (Å²) in [5, 5.41) is 3.36. The number of nitrogens with zero attached hydrogens (tertiary/aromatic N) is 3. The number of anilines is 1. The minimum Gasteiger partial charge on any atom is -0.325 e. The first-order chi connectivity index (χ1) is 14.8. The van der Waals surface area contributed by atoms with E-state index >= 15 is 0 Å². The standard InChI is InChI=1S/C22H20N4O2S3/c1-13-9-10-15(11-14(13)2)23-17(27)12-30-21-24-19-18(20(28)25(21)3)31-22(29)26(19)16-7-5-4-6-8-16/h4-11H,12H2,1-3H3,(H,23,27). The molecular weight excluding hydrogens is 448 g/mol. The highest BCUT2D eigenvalue weighted by atomic mass is 32.2. The maximum Gasteiger partial charge on any atom is 0.273 e. The van der Waals surface area contributed by atoms with Crippen molar-refractivity contribution in [2.75, 3.05) is 11.1 Å². The third-order valence-electron chi connectivity index (χ3n) is 4.91. The van der Waals surface area contributed by atoms with E-state index in [1.54, 1.807) is 11.6 Å². The molecule has 0 fully saturated rings. The summed E-state index contributed by atoms with van der Waals surface area (Å²) in [4.78, 5) is 30.1. The lowest BCUT2D eigenvalue weighted by molar-refractivity contribution is -0.113. The molecule has 1 N–H and O–H groups in total. The molecule has 0 unspecified atom stereocenters. The number of hydrogen-bond acceptors (Lipinski definition) is 6. The van der Waals surface area contributed by atoms with Crippen molar-refractivity contribution in [3.05, 3.63) is 74.0 Å². The van der Waals surface area contributed by atoms with Gasteiger partial charge in [-0.15, -0.1) is 0 Å². The van der Waals surface area contributed by atoms with E-state index in [0.29, 0.717) is 19.5 Å². The van der Waals surface area contributed by atoms with E-state index in [1.165, 1.54) is 33.2 Å². The van der Waals surface area contributed by atoms with Crippen molar-refractivity contribution >= 4 is 57.3 Å². The van der Waals surface area contributed by atoms with Crippen molar-refractivity contribution in [1.82, 2.24) is 14.1 Å². The van der Waals surface area contributed by atoms with E-state index in [1.807, 2.05) is 62.4 Å². The summed E-state index contributed by atoms with van der Waals surface area (Å²) in [7, 11) is 1.66. The lowest BCUT2D eigenvalue weighted by Gasteiger charge is -2.10. The number of rotatable bonds is 5.